The molecule has 0 aliphatic carbocycles. The van der Waals surface area contributed by atoms with Crippen molar-refractivity contribution in [2.24, 2.45) is 0 Å². The van der Waals surface area contributed by atoms with Crippen LogP contribution in [0.1, 0.15) is 16.1 Å². The number of carbonyl (C=O) groups excluding carboxylic acids is 1. The fraction of sp³-hybridized carbons (Fsp3) is 0.0625. The lowest BCUT2D eigenvalue weighted by Gasteiger charge is -2.04. The number of benzene rings is 1. The number of hydrogen-bond acceptors (Lipinski definition) is 3. The highest BCUT2D eigenvalue weighted by Gasteiger charge is 2.05. The van der Waals surface area contributed by atoms with E-state index in [0.717, 1.165) is 0 Å². The molecule has 2 aromatic rings. The lowest BCUT2D eigenvalue weighted by atomic mass is 10.1. The van der Waals surface area contributed by atoms with E-state index in [2.05, 4.69) is 4.74 Å². The van der Waals surface area contributed by atoms with Crippen LogP contribution in [0.3, 0.4) is 0 Å². The summed E-state index contributed by atoms with van der Waals surface area (Å²) in [5.74, 6) is 0.464. The predicted molar refractivity (Wildman–Crippen MR) is 74.3 cm³/mol. The maximum absolute atomic E-state index is 12.0. The summed E-state index contributed by atoms with van der Waals surface area (Å²) in [6.07, 6.45) is 7.89. The van der Waals surface area contributed by atoms with Crippen molar-refractivity contribution in [3.05, 3.63) is 72.2 Å². The molecule has 108 valence electrons. The van der Waals surface area contributed by atoms with E-state index >= 15 is 0 Å². The molecular weight excluding hydrogens is 278 g/mol. The number of carbonyl (C=O) groups is 1. The molecule has 0 aliphatic rings. The molecular formula is C16H12F2O3. The fourth-order valence-corrected chi connectivity index (χ4v) is 1.58. The Morgan fingerprint density at radius 1 is 1.14 bits per heavy atom. The Labute approximate surface area is 120 Å². The second-order valence-corrected chi connectivity index (χ2v) is 4.00. The summed E-state index contributed by atoms with van der Waals surface area (Å²) in [4.78, 5) is 11.8. The largest absolute Gasteiger partial charge is 0.465 e. The lowest BCUT2D eigenvalue weighted by molar-refractivity contribution is -0.0498. The van der Waals surface area contributed by atoms with Crippen molar-refractivity contribution in [2.45, 2.75) is 6.61 Å². The zero-order valence-corrected chi connectivity index (χ0v) is 10.9. The maximum atomic E-state index is 12.0. The molecule has 0 saturated heterocycles. The van der Waals surface area contributed by atoms with Gasteiger partial charge >= 0.3 is 6.61 Å². The van der Waals surface area contributed by atoms with Gasteiger partial charge in [0.05, 0.1) is 6.26 Å². The van der Waals surface area contributed by atoms with Crippen LogP contribution >= 0.6 is 0 Å². The van der Waals surface area contributed by atoms with Crippen LogP contribution in [0.2, 0.25) is 0 Å². The summed E-state index contributed by atoms with van der Waals surface area (Å²) in [6.45, 7) is -2.88. The molecule has 0 saturated carbocycles. The Hall–Kier alpha value is -2.69. The molecule has 0 amide bonds. The monoisotopic (exact) mass is 290 g/mol. The van der Waals surface area contributed by atoms with E-state index in [1.807, 2.05) is 0 Å². The normalized spacial score (nSPS) is 11.6. The van der Waals surface area contributed by atoms with Gasteiger partial charge in [0.15, 0.2) is 5.78 Å². The van der Waals surface area contributed by atoms with Crippen LogP contribution in [0.25, 0.3) is 6.08 Å². The third-order valence-corrected chi connectivity index (χ3v) is 2.53. The van der Waals surface area contributed by atoms with Gasteiger partial charge in [-0.15, -0.1) is 0 Å². The molecule has 0 unspecified atom stereocenters. The molecule has 0 N–H and O–H groups in total. The fourth-order valence-electron chi connectivity index (χ4n) is 1.58. The molecule has 1 heterocycles. The predicted octanol–water partition coefficient (Wildman–Crippen LogP) is 4.33. The molecule has 0 radical (unpaired) electrons. The number of ketones is 1. The summed E-state index contributed by atoms with van der Waals surface area (Å²) in [5, 5.41) is 0. The summed E-state index contributed by atoms with van der Waals surface area (Å²) < 4.78 is 33.3. The van der Waals surface area contributed by atoms with Crippen LogP contribution in [-0.4, -0.2) is 12.4 Å². The quantitative estimate of drug-likeness (QED) is 0.451. The van der Waals surface area contributed by atoms with Crippen LogP contribution in [0.5, 0.6) is 5.75 Å². The van der Waals surface area contributed by atoms with Gasteiger partial charge in [-0.25, -0.2) is 0 Å². The van der Waals surface area contributed by atoms with Crippen molar-refractivity contribution in [3.8, 4) is 5.75 Å². The Bertz CT molecular complexity index is 626. The highest BCUT2D eigenvalue weighted by atomic mass is 19.3. The average Bonchev–Trinajstić information content (AvgIpc) is 2.97. The average molecular weight is 290 g/mol. The van der Waals surface area contributed by atoms with Gasteiger partial charge in [0.25, 0.3) is 0 Å². The SMILES string of the molecule is O=C(/C=C/C=C/c1ccco1)c1ccc(OC(F)F)cc1. The minimum absolute atomic E-state index is 0.0169. The van der Waals surface area contributed by atoms with E-state index in [4.69, 9.17) is 4.42 Å². The minimum atomic E-state index is -2.88. The summed E-state index contributed by atoms with van der Waals surface area (Å²) in [7, 11) is 0. The molecule has 5 heteroatoms. The Morgan fingerprint density at radius 3 is 2.52 bits per heavy atom. The van der Waals surface area contributed by atoms with Gasteiger partial charge in [-0.1, -0.05) is 12.2 Å². The van der Waals surface area contributed by atoms with Crippen molar-refractivity contribution in [1.82, 2.24) is 0 Å². The second-order valence-electron chi connectivity index (χ2n) is 4.00. The van der Waals surface area contributed by atoms with E-state index in [1.165, 1.54) is 30.3 Å². The highest BCUT2D eigenvalue weighted by Crippen LogP contribution is 2.15. The smallest absolute Gasteiger partial charge is 0.387 e. The van der Waals surface area contributed by atoms with Crippen molar-refractivity contribution in [1.29, 1.82) is 0 Å². The Kier molecular flexibility index (Phi) is 5.04. The van der Waals surface area contributed by atoms with Crippen LogP contribution in [0.4, 0.5) is 8.78 Å². The maximum Gasteiger partial charge on any atom is 0.387 e. The van der Waals surface area contributed by atoms with Crippen LogP contribution in [-0.2, 0) is 0 Å². The van der Waals surface area contributed by atoms with Gasteiger partial charge in [0.1, 0.15) is 11.5 Å². The molecule has 0 spiro atoms. The van der Waals surface area contributed by atoms with E-state index < -0.39 is 6.61 Å². The Morgan fingerprint density at radius 2 is 1.90 bits per heavy atom. The minimum Gasteiger partial charge on any atom is -0.465 e. The lowest BCUT2D eigenvalue weighted by Crippen LogP contribution is -2.02. The van der Waals surface area contributed by atoms with Crippen LogP contribution in [0.15, 0.2) is 65.3 Å². The van der Waals surface area contributed by atoms with Gasteiger partial charge in [0.2, 0.25) is 0 Å². The molecule has 0 atom stereocenters. The first-order valence-electron chi connectivity index (χ1n) is 6.12. The van der Waals surface area contributed by atoms with Crippen LogP contribution < -0.4 is 4.74 Å². The van der Waals surface area contributed by atoms with Gasteiger partial charge in [-0.2, -0.15) is 8.78 Å². The summed E-state index contributed by atoms with van der Waals surface area (Å²) >= 11 is 0. The number of ether oxygens (including phenoxy) is 1. The third-order valence-electron chi connectivity index (χ3n) is 2.53. The molecule has 1 aromatic carbocycles. The molecule has 3 nitrogen and oxygen atoms in total. The van der Waals surface area contributed by atoms with Crippen molar-refractivity contribution in [2.75, 3.05) is 0 Å². The van der Waals surface area contributed by atoms with Crippen molar-refractivity contribution in [3.63, 3.8) is 0 Å². The second kappa shape index (κ2) is 7.19. The molecule has 2 rings (SSSR count). The van der Waals surface area contributed by atoms with Gasteiger partial charge in [-0.3, -0.25) is 4.79 Å². The zero-order chi connectivity index (χ0) is 15.1. The van der Waals surface area contributed by atoms with E-state index in [9.17, 15) is 13.6 Å². The molecule has 0 fully saturated rings. The third kappa shape index (κ3) is 4.72. The number of furan rings is 1. The molecule has 21 heavy (non-hydrogen) atoms. The van der Waals surface area contributed by atoms with Crippen LogP contribution in [0, 0.1) is 0 Å². The van der Waals surface area contributed by atoms with Gasteiger partial charge in [-0.05, 0) is 48.6 Å². The number of alkyl halides is 2. The molecule has 0 aliphatic heterocycles. The topological polar surface area (TPSA) is 39.4 Å². The van der Waals surface area contributed by atoms with Gasteiger partial charge < -0.3 is 9.15 Å². The van der Waals surface area contributed by atoms with E-state index in [1.54, 1.807) is 36.6 Å². The van der Waals surface area contributed by atoms with Crippen molar-refractivity contribution >= 4 is 11.9 Å². The van der Waals surface area contributed by atoms with Gasteiger partial charge in [0, 0.05) is 5.56 Å². The highest BCUT2D eigenvalue weighted by molar-refractivity contribution is 6.04. The number of allylic oxidation sites excluding steroid dienone is 3. The zero-order valence-electron chi connectivity index (χ0n) is 10.9. The molecule has 1 aromatic heterocycles. The number of hydrogen-bond donors (Lipinski definition) is 0. The van der Waals surface area contributed by atoms with E-state index in [-0.39, 0.29) is 11.5 Å². The van der Waals surface area contributed by atoms with Crippen molar-refractivity contribution < 1.29 is 22.7 Å². The summed E-state index contributed by atoms with van der Waals surface area (Å²) in [5.41, 5.74) is 0.388. The van der Waals surface area contributed by atoms with E-state index in [0.29, 0.717) is 11.3 Å². The first-order valence-corrected chi connectivity index (χ1v) is 6.12. The number of rotatable bonds is 6. The molecule has 0 bridgehead atoms. The summed E-state index contributed by atoms with van der Waals surface area (Å²) in [6, 6.07) is 9.06. The standard InChI is InChI=1S/C16H12F2O3/c17-16(18)21-14-9-7-12(8-10-14)15(19)6-2-1-4-13-5-3-11-20-13/h1-11,16H/b4-1+,6-2+. The first kappa shape index (κ1) is 14.7. The first-order chi connectivity index (χ1) is 10.1. The Balaban J connectivity index is 1.93. The number of halogens is 2.